The minimum Gasteiger partial charge on any atom is -0.453 e. The van der Waals surface area contributed by atoms with Crippen molar-refractivity contribution in [3.8, 4) is 5.88 Å². The van der Waals surface area contributed by atoms with Crippen molar-refractivity contribution in [2.75, 3.05) is 16.5 Å². The Morgan fingerprint density at radius 3 is 2.34 bits per heavy atom. The van der Waals surface area contributed by atoms with Crippen molar-refractivity contribution in [1.82, 2.24) is 9.97 Å². The molecule has 0 saturated heterocycles. The van der Waals surface area contributed by atoms with Gasteiger partial charge in [0.25, 0.3) is 5.91 Å². The van der Waals surface area contributed by atoms with Crippen LogP contribution in [0.4, 0.5) is 17.5 Å². The van der Waals surface area contributed by atoms with Gasteiger partial charge in [0.05, 0.1) is 22.9 Å². The van der Waals surface area contributed by atoms with Crippen LogP contribution in [0.2, 0.25) is 0 Å². The van der Waals surface area contributed by atoms with Gasteiger partial charge in [-0.1, -0.05) is 48.5 Å². The fourth-order valence-electron chi connectivity index (χ4n) is 4.07. The average molecular weight is 386 g/mol. The molecular formula is C21H18N6O2. The molecule has 1 aromatic heterocycles. The molecule has 144 valence electrons. The molecule has 29 heavy (non-hydrogen) atoms. The first-order valence-electron chi connectivity index (χ1n) is 9.14. The molecule has 0 bridgehead atoms. The van der Waals surface area contributed by atoms with Gasteiger partial charge in [-0.2, -0.15) is 20.1 Å². The maximum absolute atomic E-state index is 13.8. The molecule has 3 aromatic rings. The highest BCUT2D eigenvalue weighted by Crippen LogP contribution is 2.53. The molecule has 2 atom stereocenters. The first-order valence-corrected chi connectivity index (χ1v) is 9.14. The van der Waals surface area contributed by atoms with Gasteiger partial charge in [0.15, 0.2) is 0 Å². The minimum absolute atomic E-state index is 0.00920. The van der Waals surface area contributed by atoms with E-state index in [1.807, 2.05) is 60.7 Å². The molecule has 5 rings (SSSR count). The quantitative estimate of drug-likeness (QED) is 0.697. The standard InChI is InChI=1S/C21H18N6O2/c1-12-21(19(28)27(26-12)14-10-6-3-7-11-14)16(13-8-4-2-5-9-13)15-17(22)24-20(23)25-18(15)29-21/h2-11,16H,1H3,(H4,22,23,24,25)/t16-,21-/m0/s1. The average Bonchev–Trinajstić information content (AvgIpc) is 3.20. The summed E-state index contributed by atoms with van der Waals surface area (Å²) < 4.78 is 6.23. The molecule has 3 heterocycles. The highest BCUT2D eigenvalue weighted by Gasteiger charge is 2.63. The van der Waals surface area contributed by atoms with E-state index >= 15 is 0 Å². The fourth-order valence-corrected chi connectivity index (χ4v) is 4.07. The number of nitrogen functional groups attached to an aromatic ring is 2. The zero-order valence-corrected chi connectivity index (χ0v) is 15.6. The Hall–Kier alpha value is -3.94. The lowest BCUT2D eigenvalue weighted by atomic mass is 9.76. The smallest absolute Gasteiger partial charge is 0.298 e. The maximum Gasteiger partial charge on any atom is 0.298 e. The van der Waals surface area contributed by atoms with E-state index in [1.54, 1.807) is 6.92 Å². The van der Waals surface area contributed by atoms with E-state index in [1.165, 1.54) is 5.01 Å². The number of ether oxygens (including phenoxy) is 1. The Bertz CT molecular complexity index is 1150. The molecule has 1 spiro atoms. The van der Waals surface area contributed by atoms with E-state index in [4.69, 9.17) is 16.2 Å². The summed E-state index contributed by atoms with van der Waals surface area (Å²) in [6, 6.07) is 18.8. The van der Waals surface area contributed by atoms with E-state index in [0.717, 1.165) is 5.56 Å². The largest absolute Gasteiger partial charge is 0.453 e. The second-order valence-electron chi connectivity index (χ2n) is 7.01. The first-order chi connectivity index (χ1) is 14.0. The van der Waals surface area contributed by atoms with Crippen LogP contribution in [0.15, 0.2) is 65.8 Å². The summed E-state index contributed by atoms with van der Waals surface area (Å²) in [4.78, 5) is 22.1. The summed E-state index contributed by atoms with van der Waals surface area (Å²) in [6.07, 6.45) is 0. The van der Waals surface area contributed by atoms with Gasteiger partial charge in [-0.15, -0.1) is 0 Å². The summed E-state index contributed by atoms with van der Waals surface area (Å²) in [7, 11) is 0. The van der Waals surface area contributed by atoms with Gasteiger partial charge in [-0.05, 0) is 24.6 Å². The fraction of sp³-hybridized carbons (Fsp3) is 0.143. The number of rotatable bonds is 2. The summed E-state index contributed by atoms with van der Waals surface area (Å²) in [6.45, 7) is 1.77. The number of hydrogen-bond acceptors (Lipinski definition) is 7. The van der Waals surface area contributed by atoms with E-state index in [-0.39, 0.29) is 23.6 Å². The molecule has 4 N–H and O–H groups in total. The van der Waals surface area contributed by atoms with Crippen LogP contribution in [-0.2, 0) is 4.79 Å². The van der Waals surface area contributed by atoms with Crippen molar-refractivity contribution in [1.29, 1.82) is 0 Å². The third-order valence-electron chi connectivity index (χ3n) is 5.34. The lowest BCUT2D eigenvalue weighted by molar-refractivity contribution is -0.127. The van der Waals surface area contributed by atoms with Gasteiger partial charge in [-0.25, -0.2) is 0 Å². The predicted octanol–water partition coefficient (Wildman–Crippen LogP) is 2.33. The number of nitrogens with zero attached hydrogens (tertiary/aromatic N) is 4. The number of nitrogens with two attached hydrogens (primary N) is 2. The second-order valence-corrected chi connectivity index (χ2v) is 7.01. The van der Waals surface area contributed by atoms with Crippen LogP contribution < -0.4 is 21.2 Å². The molecule has 1 amide bonds. The summed E-state index contributed by atoms with van der Waals surface area (Å²) in [5, 5.41) is 5.91. The third-order valence-corrected chi connectivity index (χ3v) is 5.34. The summed E-state index contributed by atoms with van der Waals surface area (Å²) >= 11 is 0. The van der Waals surface area contributed by atoms with Crippen LogP contribution >= 0.6 is 0 Å². The summed E-state index contributed by atoms with van der Waals surface area (Å²) in [5.74, 6) is -0.473. The number of carbonyl (C=O) groups is 1. The van der Waals surface area contributed by atoms with Crippen molar-refractivity contribution >= 4 is 29.1 Å². The summed E-state index contributed by atoms with van der Waals surface area (Å²) in [5.41, 5.74) is 13.1. The molecule has 0 saturated carbocycles. The monoisotopic (exact) mass is 386 g/mol. The van der Waals surface area contributed by atoms with Crippen LogP contribution in [0.25, 0.3) is 0 Å². The van der Waals surface area contributed by atoms with Crippen molar-refractivity contribution in [3.63, 3.8) is 0 Å². The number of hydrazone groups is 1. The van der Waals surface area contributed by atoms with Gasteiger partial charge < -0.3 is 16.2 Å². The molecular weight excluding hydrogens is 368 g/mol. The van der Waals surface area contributed by atoms with Crippen molar-refractivity contribution in [2.24, 2.45) is 5.10 Å². The highest BCUT2D eigenvalue weighted by molar-refractivity contribution is 6.23. The number of aromatic nitrogens is 2. The topological polar surface area (TPSA) is 120 Å². The number of hydrogen-bond donors (Lipinski definition) is 2. The van der Waals surface area contributed by atoms with Gasteiger partial charge >= 0.3 is 0 Å². The van der Waals surface area contributed by atoms with E-state index in [0.29, 0.717) is 17.0 Å². The van der Waals surface area contributed by atoms with E-state index in [2.05, 4.69) is 15.1 Å². The Morgan fingerprint density at radius 1 is 1.00 bits per heavy atom. The van der Waals surface area contributed by atoms with Gasteiger partial charge in [0.1, 0.15) is 5.82 Å². The zero-order chi connectivity index (χ0) is 20.2. The third kappa shape index (κ3) is 2.32. The molecule has 0 fully saturated rings. The Labute approximate surface area is 166 Å². The molecule has 2 aliphatic rings. The Balaban J connectivity index is 1.73. The van der Waals surface area contributed by atoms with Crippen LogP contribution in [0.3, 0.4) is 0 Å². The molecule has 2 aliphatic heterocycles. The van der Waals surface area contributed by atoms with Crippen LogP contribution in [0, 0.1) is 0 Å². The van der Waals surface area contributed by atoms with Gasteiger partial charge in [0.2, 0.25) is 17.4 Å². The van der Waals surface area contributed by atoms with Crippen molar-refractivity contribution < 1.29 is 9.53 Å². The second kappa shape index (κ2) is 6.03. The van der Waals surface area contributed by atoms with E-state index in [9.17, 15) is 4.79 Å². The minimum atomic E-state index is -1.41. The van der Waals surface area contributed by atoms with E-state index < -0.39 is 11.5 Å². The number of anilines is 3. The van der Waals surface area contributed by atoms with Crippen molar-refractivity contribution in [2.45, 2.75) is 18.4 Å². The lowest BCUT2D eigenvalue weighted by Crippen LogP contribution is -2.52. The van der Waals surface area contributed by atoms with Gasteiger partial charge in [-0.3, -0.25) is 4.79 Å². The van der Waals surface area contributed by atoms with Crippen LogP contribution in [0.5, 0.6) is 5.88 Å². The number of benzene rings is 2. The normalized spacial score (nSPS) is 22.5. The first kappa shape index (κ1) is 17.2. The molecule has 8 nitrogen and oxygen atoms in total. The number of fused-ring (bicyclic) bond motifs is 1. The van der Waals surface area contributed by atoms with Crippen LogP contribution in [0.1, 0.15) is 24.0 Å². The Kier molecular flexibility index (Phi) is 3.57. The molecule has 2 aromatic carbocycles. The number of carbonyl (C=O) groups excluding carboxylic acids is 1. The van der Waals surface area contributed by atoms with Gasteiger partial charge in [0, 0.05) is 0 Å². The molecule has 0 aliphatic carbocycles. The molecule has 8 heteroatoms. The van der Waals surface area contributed by atoms with Crippen molar-refractivity contribution in [3.05, 3.63) is 71.8 Å². The highest BCUT2D eigenvalue weighted by atomic mass is 16.5. The van der Waals surface area contributed by atoms with Crippen LogP contribution in [-0.4, -0.2) is 27.2 Å². The molecule has 0 radical (unpaired) electrons. The number of amides is 1. The lowest BCUT2D eigenvalue weighted by Gasteiger charge is -2.29. The number of para-hydroxylation sites is 1. The predicted molar refractivity (Wildman–Crippen MR) is 110 cm³/mol. The SMILES string of the molecule is CC1=NN(c2ccccc2)C(=O)[C@]12Oc1nc(N)nc(N)c1[C@@H]2c1ccccc1. The maximum atomic E-state index is 13.8. The Morgan fingerprint density at radius 2 is 1.66 bits per heavy atom. The zero-order valence-electron chi connectivity index (χ0n) is 15.6. The molecule has 0 unspecified atom stereocenters.